The van der Waals surface area contributed by atoms with E-state index in [4.69, 9.17) is 0 Å². The first-order valence-corrected chi connectivity index (χ1v) is 7.49. The van der Waals surface area contributed by atoms with E-state index in [1.807, 2.05) is 48.5 Å². The smallest absolute Gasteiger partial charge is 0.0972 e. The molecule has 0 saturated carbocycles. The minimum Gasteiger partial charge on any atom is -0.393 e. The normalized spacial score (nSPS) is 18.8. The van der Waals surface area contributed by atoms with Crippen molar-refractivity contribution >= 4 is 11.0 Å². The fourth-order valence-electron chi connectivity index (χ4n) is 1.25. The molecule has 0 aromatic carbocycles. The molecular formula is C13H29NO2S. The van der Waals surface area contributed by atoms with Crippen LogP contribution in [-0.2, 0) is 11.0 Å². The van der Waals surface area contributed by atoms with Crippen LogP contribution in [0.5, 0.6) is 0 Å². The first-order chi connectivity index (χ1) is 7.48. The predicted octanol–water partition coefficient (Wildman–Crippen LogP) is 2.61. The standard InChI is InChI=1S/C13H29NO2S/c1-8-10(9-11(15)12(2,3)4)14-17(16)13(5,6)7/h10-11,14-15H,8-9H2,1-7H3/t10-,11-,17?/m0/s1. The highest BCUT2D eigenvalue weighted by Crippen LogP contribution is 2.24. The predicted molar refractivity (Wildman–Crippen MR) is 75.2 cm³/mol. The number of aliphatic hydroxyl groups is 1. The molecule has 0 aliphatic rings. The van der Waals surface area contributed by atoms with Gasteiger partial charge in [0.15, 0.2) is 0 Å². The molecule has 0 saturated heterocycles. The quantitative estimate of drug-likeness (QED) is 0.801. The van der Waals surface area contributed by atoms with Crippen molar-refractivity contribution in [3.63, 3.8) is 0 Å². The van der Waals surface area contributed by atoms with Crippen LogP contribution in [0.25, 0.3) is 0 Å². The minimum absolute atomic E-state index is 0.101. The van der Waals surface area contributed by atoms with Gasteiger partial charge in [-0.15, -0.1) is 0 Å². The van der Waals surface area contributed by atoms with Crippen molar-refractivity contribution in [2.45, 2.75) is 78.2 Å². The van der Waals surface area contributed by atoms with Crippen molar-refractivity contribution in [3.05, 3.63) is 0 Å². The molecule has 3 nitrogen and oxygen atoms in total. The Kier molecular flexibility index (Phi) is 6.33. The maximum absolute atomic E-state index is 12.0. The Bertz CT molecular complexity index is 253. The van der Waals surface area contributed by atoms with Gasteiger partial charge in [-0.05, 0) is 39.0 Å². The molecule has 17 heavy (non-hydrogen) atoms. The molecule has 0 amide bonds. The molecule has 0 aromatic heterocycles. The average Bonchev–Trinajstić information content (AvgIpc) is 2.13. The first kappa shape index (κ1) is 17.1. The van der Waals surface area contributed by atoms with Gasteiger partial charge >= 0.3 is 0 Å². The van der Waals surface area contributed by atoms with Crippen LogP contribution in [0.4, 0.5) is 0 Å². The number of hydrogen-bond acceptors (Lipinski definition) is 2. The second-order valence-corrected chi connectivity index (χ2v) is 8.72. The summed E-state index contributed by atoms with van der Waals surface area (Å²) >= 11 is 0. The Morgan fingerprint density at radius 3 is 1.94 bits per heavy atom. The molecule has 0 aromatic rings. The molecule has 104 valence electrons. The average molecular weight is 263 g/mol. The van der Waals surface area contributed by atoms with E-state index in [2.05, 4.69) is 4.72 Å². The lowest BCUT2D eigenvalue weighted by Crippen LogP contribution is -2.42. The topological polar surface area (TPSA) is 49.3 Å². The van der Waals surface area contributed by atoms with Gasteiger partial charge < -0.3 is 5.11 Å². The lowest BCUT2D eigenvalue weighted by Gasteiger charge is -2.30. The minimum atomic E-state index is -1.07. The number of aliphatic hydroxyl groups excluding tert-OH is 1. The van der Waals surface area contributed by atoms with E-state index < -0.39 is 11.0 Å². The van der Waals surface area contributed by atoms with Gasteiger partial charge in [0.2, 0.25) is 0 Å². The highest BCUT2D eigenvalue weighted by atomic mass is 32.2. The van der Waals surface area contributed by atoms with Gasteiger partial charge in [-0.3, -0.25) is 0 Å². The molecule has 0 aliphatic carbocycles. The summed E-state index contributed by atoms with van der Waals surface area (Å²) in [5, 5.41) is 10.1. The summed E-state index contributed by atoms with van der Waals surface area (Å²) in [5.74, 6) is 0. The second-order valence-electron chi connectivity index (χ2n) is 6.72. The van der Waals surface area contributed by atoms with Gasteiger partial charge in [0, 0.05) is 6.04 Å². The fourth-order valence-corrected chi connectivity index (χ4v) is 2.17. The monoisotopic (exact) mass is 263 g/mol. The second kappa shape index (κ2) is 6.30. The van der Waals surface area contributed by atoms with Gasteiger partial charge in [0.25, 0.3) is 0 Å². The largest absolute Gasteiger partial charge is 0.393 e. The zero-order valence-electron chi connectivity index (χ0n) is 12.3. The van der Waals surface area contributed by atoms with Crippen molar-refractivity contribution in [3.8, 4) is 0 Å². The van der Waals surface area contributed by atoms with Crippen molar-refractivity contribution in [2.24, 2.45) is 5.41 Å². The molecule has 0 bridgehead atoms. The van der Waals surface area contributed by atoms with Crippen LogP contribution in [0.15, 0.2) is 0 Å². The van der Waals surface area contributed by atoms with Gasteiger partial charge in [-0.2, -0.15) is 0 Å². The lowest BCUT2D eigenvalue weighted by atomic mass is 9.85. The summed E-state index contributed by atoms with van der Waals surface area (Å²) in [6, 6.07) is 0.101. The number of hydrogen-bond donors (Lipinski definition) is 2. The van der Waals surface area contributed by atoms with Crippen LogP contribution >= 0.6 is 0 Å². The molecule has 4 heteroatoms. The first-order valence-electron chi connectivity index (χ1n) is 6.34. The van der Waals surface area contributed by atoms with Crippen LogP contribution in [-0.4, -0.2) is 26.2 Å². The Morgan fingerprint density at radius 2 is 1.65 bits per heavy atom. The molecule has 0 aliphatic heterocycles. The van der Waals surface area contributed by atoms with Crippen molar-refractivity contribution in [1.82, 2.24) is 4.72 Å². The molecule has 3 atom stereocenters. The summed E-state index contributed by atoms with van der Waals surface area (Å²) in [6.07, 6.45) is 1.13. The van der Waals surface area contributed by atoms with E-state index in [0.29, 0.717) is 6.42 Å². The molecule has 2 N–H and O–H groups in total. The molecule has 0 fully saturated rings. The van der Waals surface area contributed by atoms with Crippen LogP contribution in [0, 0.1) is 5.41 Å². The van der Waals surface area contributed by atoms with Crippen LogP contribution in [0.3, 0.4) is 0 Å². The third kappa shape index (κ3) is 6.53. The van der Waals surface area contributed by atoms with Crippen molar-refractivity contribution < 1.29 is 9.32 Å². The fraction of sp³-hybridized carbons (Fsp3) is 1.00. The van der Waals surface area contributed by atoms with E-state index in [0.717, 1.165) is 6.42 Å². The Balaban J connectivity index is 4.42. The molecule has 0 spiro atoms. The van der Waals surface area contributed by atoms with E-state index in [-0.39, 0.29) is 22.3 Å². The van der Waals surface area contributed by atoms with Crippen molar-refractivity contribution in [1.29, 1.82) is 0 Å². The SMILES string of the molecule is CC[C@@H](C[C@H](O)C(C)(C)C)NS(=O)C(C)(C)C. The zero-order chi connectivity index (χ0) is 13.9. The Morgan fingerprint density at radius 1 is 1.18 bits per heavy atom. The lowest BCUT2D eigenvalue weighted by molar-refractivity contribution is 0.0482. The Hall–Kier alpha value is 0.0700. The third-order valence-corrected chi connectivity index (χ3v) is 4.49. The van der Waals surface area contributed by atoms with E-state index in [1.54, 1.807) is 0 Å². The van der Waals surface area contributed by atoms with Crippen molar-refractivity contribution in [2.75, 3.05) is 0 Å². The number of rotatable bonds is 5. The molecule has 1 unspecified atom stereocenters. The van der Waals surface area contributed by atoms with E-state index in [1.165, 1.54) is 0 Å². The zero-order valence-corrected chi connectivity index (χ0v) is 13.1. The highest BCUT2D eigenvalue weighted by Gasteiger charge is 2.27. The summed E-state index contributed by atoms with van der Waals surface area (Å²) < 4.78 is 14.8. The molecule has 0 rings (SSSR count). The molecule has 0 radical (unpaired) electrons. The van der Waals surface area contributed by atoms with Crippen LogP contribution in [0.1, 0.15) is 61.3 Å². The van der Waals surface area contributed by atoms with Gasteiger partial charge in [-0.25, -0.2) is 8.93 Å². The van der Waals surface area contributed by atoms with E-state index >= 15 is 0 Å². The summed E-state index contributed by atoms with van der Waals surface area (Å²) in [5.41, 5.74) is -0.127. The maximum Gasteiger partial charge on any atom is 0.0972 e. The van der Waals surface area contributed by atoms with Gasteiger partial charge in [0.1, 0.15) is 0 Å². The highest BCUT2D eigenvalue weighted by molar-refractivity contribution is 7.84. The summed E-state index contributed by atoms with van der Waals surface area (Å²) in [6.45, 7) is 13.9. The summed E-state index contributed by atoms with van der Waals surface area (Å²) in [7, 11) is -1.07. The maximum atomic E-state index is 12.0. The Labute approximate surface area is 109 Å². The molecule has 0 heterocycles. The van der Waals surface area contributed by atoms with Crippen LogP contribution in [0.2, 0.25) is 0 Å². The number of nitrogens with one attached hydrogen (secondary N) is 1. The van der Waals surface area contributed by atoms with Gasteiger partial charge in [0.05, 0.1) is 21.8 Å². The van der Waals surface area contributed by atoms with Gasteiger partial charge in [-0.1, -0.05) is 27.7 Å². The van der Waals surface area contributed by atoms with E-state index in [9.17, 15) is 9.32 Å². The summed E-state index contributed by atoms with van der Waals surface area (Å²) in [4.78, 5) is 0. The van der Waals surface area contributed by atoms with Crippen LogP contribution < -0.4 is 4.72 Å². The molecular weight excluding hydrogens is 234 g/mol. The third-order valence-electron chi connectivity index (χ3n) is 2.83.